The molecule has 3 aromatic rings. The zero-order chi connectivity index (χ0) is 21.1. The second kappa shape index (κ2) is 8.97. The SMILES string of the molecule is COc1cc2occ(-c3ccc(Cl)cc3)c2cc1/C(C)=C/C(=O)N1CCCCCC1. The first kappa shape index (κ1) is 20.5. The predicted octanol–water partition coefficient (Wildman–Crippen LogP) is 6.57. The van der Waals surface area contributed by atoms with Crippen LogP contribution in [0.1, 0.15) is 38.2 Å². The lowest BCUT2D eigenvalue weighted by Gasteiger charge is -2.19. The number of hydrogen-bond donors (Lipinski definition) is 0. The van der Waals surface area contributed by atoms with Crippen molar-refractivity contribution in [2.75, 3.05) is 20.2 Å². The summed E-state index contributed by atoms with van der Waals surface area (Å²) in [7, 11) is 1.64. The molecule has 0 saturated carbocycles. The van der Waals surface area contributed by atoms with Crippen molar-refractivity contribution in [1.29, 1.82) is 0 Å². The molecule has 0 spiro atoms. The summed E-state index contributed by atoms with van der Waals surface area (Å²) in [4.78, 5) is 14.8. The maximum absolute atomic E-state index is 12.8. The van der Waals surface area contributed by atoms with Gasteiger partial charge in [0.25, 0.3) is 0 Å². The Hall–Kier alpha value is -2.72. The van der Waals surface area contributed by atoms with Crippen LogP contribution in [0.15, 0.2) is 53.2 Å². The fourth-order valence-corrected chi connectivity index (χ4v) is 4.16. The number of fused-ring (bicyclic) bond motifs is 1. The van der Waals surface area contributed by atoms with E-state index in [0.717, 1.165) is 59.2 Å². The Labute approximate surface area is 182 Å². The summed E-state index contributed by atoms with van der Waals surface area (Å²) < 4.78 is 11.4. The van der Waals surface area contributed by atoms with Gasteiger partial charge in [0, 0.05) is 46.8 Å². The van der Waals surface area contributed by atoms with E-state index in [2.05, 4.69) is 0 Å². The first-order valence-corrected chi connectivity index (χ1v) is 10.8. The number of carbonyl (C=O) groups excluding carboxylic acids is 1. The molecule has 1 amide bonds. The van der Waals surface area contributed by atoms with Crippen LogP contribution in [0.3, 0.4) is 0 Å². The molecular formula is C25H26ClNO3. The van der Waals surface area contributed by atoms with Gasteiger partial charge < -0.3 is 14.1 Å². The van der Waals surface area contributed by atoms with Gasteiger partial charge in [-0.15, -0.1) is 0 Å². The molecular weight excluding hydrogens is 398 g/mol. The van der Waals surface area contributed by atoms with Crippen LogP contribution in [0.2, 0.25) is 5.02 Å². The molecule has 1 saturated heterocycles. The zero-order valence-corrected chi connectivity index (χ0v) is 18.2. The number of furan rings is 1. The van der Waals surface area contributed by atoms with Crippen LogP contribution in [0.4, 0.5) is 0 Å². The van der Waals surface area contributed by atoms with E-state index in [-0.39, 0.29) is 5.91 Å². The van der Waals surface area contributed by atoms with Crippen LogP contribution in [0.5, 0.6) is 5.75 Å². The standard InChI is InChI=1S/C25H26ClNO3/c1-17(13-25(28)27-11-5-3-4-6-12-27)20-14-21-22(18-7-9-19(26)10-8-18)16-30-24(21)15-23(20)29-2/h7-10,13-16H,3-6,11-12H2,1-2H3/b17-13+. The number of likely N-dealkylation sites (tertiary alicyclic amines) is 1. The molecule has 1 fully saturated rings. The quantitative estimate of drug-likeness (QED) is 0.446. The Morgan fingerprint density at radius 2 is 1.80 bits per heavy atom. The number of nitrogens with zero attached hydrogens (tertiary/aromatic N) is 1. The van der Waals surface area contributed by atoms with Crippen molar-refractivity contribution in [3.05, 3.63) is 59.3 Å². The van der Waals surface area contributed by atoms with Gasteiger partial charge >= 0.3 is 0 Å². The van der Waals surface area contributed by atoms with Crippen LogP contribution in [-0.2, 0) is 4.79 Å². The third-order valence-corrected chi connectivity index (χ3v) is 5.99. The Morgan fingerprint density at radius 1 is 1.10 bits per heavy atom. The molecule has 1 aromatic heterocycles. The number of rotatable bonds is 4. The Bertz CT molecular complexity index is 1070. The second-order valence-electron chi connectivity index (χ2n) is 7.77. The minimum Gasteiger partial charge on any atom is -0.496 e. The third kappa shape index (κ3) is 4.24. The van der Waals surface area contributed by atoms with Gasteiger partial charge in [-0.2, -0.15) is 0 Å². The fourth-order valence-electron chi connectivity index (χ4n) is 4.03. The zero-order valence-electron chi connectivity index (χ0n) is 17.4. The predicted molar refractivity (Wildman–Crippen MR) is 122 cm³/mol. The largest absolute Gasteiger partial charge is 0.496 e. The smallest absolute Gasteiger partial charge is 0.246 e. The Kier molecular flexibility index (Phi) is 6.14. The molecule has 0 N–H and O–H groups in total. The molecule has 2 heterocycles. The van der Waals surface area contributed by atoms with Gasteiger partial charge in [-0.05, 0) is 49.1 Å². The summed E-state index contributed by atoms with van der Waals surface area (Å²) in [5.41, 5.74) is 4.52. The van der Waals surface area contributed by atoms with Gasteiger partial charge in [0.2, 0.25) is 5.91 Å². The minimum absolute atomic E-state index is 0.0710. The Morgan fingerprint density at radius 3 is 2.47 bits per heavy atom. The van der Waals surface area contributed by atoms with Crippen LogP contribution in [0, 0.1) is 0 Å². The van der Waals surface area contributed by atoms with Crippen LogP contribution < -0.4 is 4.74 Å². The van der Waals surface area contributed by atoms with E-state index in [9.17, 15) is 4.79 Å². The van der Waals surface area contributed by atoms with Gasteiger partial charge in [-0.3, -0.25) is 4.79 Å². The monoisotopic (exact) mass is 423 g/mol. The summed E-state index contributed by atoms with van der Waals surface area (Å²) in [6.07, 6.45) is 8.03. The normalized spacial score (nSPS) is 15.3. The van der Waals surface area contributed by atoms with E-state index >= 15 is 0 Å². The van der Waals surface area contributed by atoms with Gasteiger partial charge in [0.05, 0.1) is 13.4 Å². The molecule has 0 radical (unpaired) electrons. The highest BCUT2D eigenvalue weighted by molar-refractivity contribution is 6.30. The topological polar surface area (TPSA) is 42.7 Å². The van der Waals surface area contributed by atoms with Crippen molar-refractivity contribution in [1.82, 2.24) is 4.90 Å². The van der Waals surface area contributed by atoms with Crippen molar-refractivity contribution in [2.45, 2.75) is 32.6 Å². The summed E-state index contributed by atoms with van der Waals surface area (Å²) in [6, 6.07) is 11.6. The number of amides is 1. The van der Waals surface area contributed by atoms with E-state index in [1.54, 1.807) is 19.4 Å². The number of methoxy groups -OCH3 is 1. The van der Waals surface area contributed by atoms with Crippen molar-refractivity contribution in [2.24, 2.45) is 0 Å². The molecule has 4 nitrogen and oxygen atoms in total. The molecule has 2 aromatic carbocycles. The van der Waals surface area contributed by atoms with E-state index < -0.39 is 0 Å². The average molecular weight is 424 g/mol. The van der Waals surface area contributed by atoms with Crippen LogP contribution in [0.25, 0.3) is 27.7 Å². The molecule has 5 heteroatoms. The maximum Gasteiger partial charge on any atom is 0.246 e. The number of hydrogen-bond acceptors (Lipinski definition) is 3. The summed E-state index contributed by atoms with van der Waals surface area (Å²) >= 11 is 6.04. The van der Waals surface area contributed by atoms with Crippen molar-refractivity contribution < 1.29 is 13.9 Å². The molecule has 0 aliphatic carbocycles. The lowest BCUT2D eigenvalue weighted by atomic mass is 9.99. The van der Waals surface area contributed by atoms with Crippen molar-refractivity contribution >= 4 is 34.1 Å². The highest BCUT2D eigenvalue weighted by Gasteiger charge is 2.17. The molecule has 4 rings (SSSR count). The summed E-state index contributed by atoms with van der Waals surface area (Å²) in [5.74, 6) is 0.763. The van der Waals surface area contributed by atoms with Crippen LogP contribution >= 0.6 is 11.6 Å². The molecule has 156 valence electrons. The maximum atomic E-state index is 12.8. The lowest BCUT2D eigenvalue weighted by molar-refractivity contribution is -0.125. The molecule has 1 aliphatic rings. The number of benzene rings is 2. The van der Waals surface area contributed by atoms with Gasteiger partial charge in [-0.1, -0.05) is 36.6 Å². The molecule has 1 aliphatic heterocycles. The average Bonchev–Trinajstić information content (AvgIpc) is 2.96. The summed E-state index contributed by atoms with van der Waals surface area (Å²) in [5, 5.41) is 1.67. The van der Waals surface area contributed by atoms with Gasteiger partial charge in [-0.25, -0.2) is 0 Å². The van der Waals surface area contributed by atoms with Crippen LogP contribution in [-0.4, -0.2) is 31.0 Å². The highest BCUT2D eigenvalue weighted by Crippen LogP contribution is 2.37. The lowest BCUT2D eigenvalue weighted by Crippen LogP contribution is -2.30. The van der Waals surface area contributed by atoms with E-state index in [1.165, 1.54) is 12.8 Å². The molecule has 0 unspecified atom stereocenters. The summed E-state index contributed by atoms with van der Waals surface area (Å²) in [6.45, 7) is 3.63. The molecule has 30 heavy (non-hydrogen) atoms. The Balaban J connectivity index is 1.72. The minimum atomic E-state index is 0.0710. The number of ether oxygens (including phenoxy) is 1. The second-order valence-corrected chi connectivity index (χ2v) is 8.21. The van der Waals surface area contributed by atoms with Gasteiger partial charge in [0.1, 0.15) is 11.3 Å². The van der Waals surface area contributed by atoms with E-state index in [1.807, 2.05) is 48.2 Å². The number of halogens is 1. The highest BCUT2D eigenvalue weighted by atomic mass is 35.5. The van der Waals surface area contributed by atoms with E-state index in [0.29, 0.717) is 10.8 Å². The van der Waals surface area contributed by atoms with Crippen molar-refractivity contribution in [3.8, 4) is 16.9 Å². The van der Waals surface area contributed by atoms with E-state index in [4.69, 9.17) is 20.8 Å². The number of carbonyl (C=O) groups is 1. The first-order valence-electron chi connectivity index (χ1n) is 10.4. The fraction of sp³-hybridized carbons (Fsp3) is 0.320. The van der Waals surface area contributed by atoms with Crippen molar-refractivity contribution in [3.63, 3.8) is 0 Å². The molecule has 0 bridgehead atoms. The number of allylic oxidation sites excluding steroid dienone is 1. The van der Waals surface area contributed by atoms with Gasteiger partial charge in [0.15, 0.2) is 0 Å². The molecule has 0 atom stereocenters. The third-order valence-electron chi connectivity index (χ3n) is 5.73. The first-order chi connectivity index (χ1) is 14.6.